The average molecular weight is 268 g/mol. The summed E-state index contributed by atoms with van der Waals surface area (Å²) in [7, 11) is 0. The van der Waals surface area contributed by atoms with E-state index in [4.69, 9.17) is 0 Å². The molecule has 1 aromatic rings. The van der Waals surface area contributed by atoms with Crippen molar-refractivity contribution >= 4 is 12.1 Å². The Morgan fingerprint density at radius 2 is 1.74 bits per heavy atom. The SMILES string of the molecule is CC(C)C(=O)c1cc(F)c(CC(C)(C)C=O)c(F)c1. The monoisotopic (exact) mass is 268 g/mol. The van der Waals surface area contributed by atoms with E-state index in [-0.39, 0.29) is 29.2 Å². The first-order valence-corrected chi connectivity index (χ1v) is 6.16. The van der Waals surface area contributed by atoms with Crippen LogP contribution >= 0.6 is 0 Å². The predicted octanol–water partition coefficient (Wildman–Crippen LogP) is 3.57. The normalized spacial score (nSPS) is 11.7. The summed E-state index contributed by atoms with van der Waals surface area (Å²) >= 11 is 0. The first kappa shape index (κ1) is 15.5. The summed E-state index contributed by atoms with van der Waals surface area (Å²) in [5.74, 6) is -2.19. The van der Waals surface area contributed by atoms with E-state index >= 15 is 0 Å². The maximum absolute atomic E-state index is 13.9. The van der Waals surface area contributed by atoms with Gasteiger partial charge in [0, 0.05) is 22.5 Å². The standard InChI is InChI=1S/C15H18F2O2/c1-9(2)14(19)10-5-12(16)11(13(17)6-10)7-15(3,4)8-18/h5-6,8-9H,7H2,1-4H3. The third-order valence-electron chi connectivity index (χ3n) is 2.90. The number of hydrogen-bond acceptors (Lipinski definition) is 2. The van der Waals surface area contributed by atoms with Gasteiger partial charge in [0.15, 0.2) is 5.78 Å². The second-order valence-electron chi connectivity index (χ2n) is 5.72. The Hall–Kier alpha value is -1.58. The van der Waals surface area contributed by atoms with E-state index in [0.29, 0.717) is 6.29 Å². The molecule has 0 saturated carbocycles. The van der Waals surface area contributed by atoms with Gasteiger partial charge in [-0.15, -0.1) is 0 Å². The second kappa shape index (κ2) is 5.59. The van der Waals surface area contributed by atoms with E-state index < -0.39 is 17.0 Å². The molecule has 0 atom stereocenters. The summed E-state index contributed by atoms with van der Waals surface area (Å²) in [4.78, 5) is 22.5. The molecule has 4 heteroatoms. The lowest BCUT2D eigenvalue weighted by Gasteiger charge is -2.18. The van der Waals surface area contributed by atoms with Gasteiger partial charge in [0.2, 0.25) is 0 Å². The van der Waals surface area contributed by atoms with Gasteiger partial charge in [-0.05, 0) is 18.6 Å². The Bertz CT molecular complexity index is 482. The lowest BCUT2D eigenvalue weighted by Crippen LogP contribution is -2.19. The van der Waals surface area contributed by atoms with Crippen molar-refractivity contribution in [2.75, 3.05) is 0 Å². The van der Waals surface area contributed by atoms with Crippen LogP contribution in [0.25, 0.3) is 0 Å². The van der Waals surface area contributed by atoms with Gasteiger partial charge in [0.05, 0.1) is 0 Å². The molecule has 0 aliphatic rings. The minimum absolute atomic E-state index is 0.0256. The van der Waals surface area contributed by atoms with Gasteiger partial charge >= 0.3 is 0 Å². The van der Waals surface area contributed by atoms with Crippen LogP contribution in [-0.2, 0) is 11.2 Å². The first-order chi connectivity index (χ1) is 8.68. The van der Waals surface area contributed by atoms with Crippen LogP contribution in [0.1, 0.15) is 43.6 Å². The molecule has 0 radical (unpaired) electrons. The molecule has 0 heterocycles. The molecule has 1 aromatic carbocycles. The van der Waals surface area contributed by atoms with Crippen molar-refractivity contribution < 1.29 is 18.4 Å². The highest BCUT2D eigenvalue weighted by Crippen LogP contribution is 2.25. The maximum Gasteiger partial charge on any atom is 0.165 e. The van der Waals surface area contributed by atoms with Crippen LogP contribution in [-0.4, -0.2) is 12.1 Å². The molecule has 0 spiro atoms. The summed E-state index contributed by atoms with van der Waals surface area (Å²) in [6, 6.07) is 2.09. The Morgan fingerprint density at radius 1 is 1.26 bits per heavy atom. The second-order valence-corrected chi connectivity index (χ2v) is 5.72. The third kappa shape index (κ3) is 3.69. The van der Waals surface area contributed by atoms with Gasteiger partial charge in [-0.3, -0.25) is 4.79 Å². The summed E-state index contributed by atoms with van der Waals surface area (Å²) in [6.45, 7) is 6.54. The van der Waals surface area contributed by atoms with Crippen LogP contribution in [0.3, 0.4) is 0 Å². The molecule has 2 nitrogen and oxygen atoms in total. The number of Topliss-reactive ketones (excluding diaryl/α,β-unsaturated/α-hetero) is 1. The largest absolute Gasteiger partial charge is 0.303 e. The van der Waals surface area contributed by atoms with Gasteiger partial charge in [-0.25, -0.2) is 8.78 Å². The van der Waals surface area contributed by atoms with Crippen LogP contribution in [0.2, 0.25) is 0 Å². The van der Waals surface area contributed by atoms with E-state index in [9.17, 15) is 18.4 Å². The van der Waals surface area contributed by atoms with E-state index in [0.717, 1.165) is 12.1 Å². The zero-order valence-electron chi connectivity index (χ0n) is 11.6. The summed E-state index contributed by atoms with van der Waals surface area (Å²) in [5, 5.41) is 0. The fourth-order valence-electron chi connectivity index (χ4n) is 1.74. The molecule has 0 fully saturated rings. The molecule has 0 bridgehead atoms. The molecule has 0 amide bonds. The lowest BCUT2D eigenvalue weighted by molar-refractivity contribution is -0.114. The minimum atomic E-state index is -0.842. The minimum Gasteiger partial charge on any atom is -0.303 e. The quantitative estimate of drug-likeness (QED) is 0.604. The molecule has 104 valence electrons. The number of rotatable bonds is 5. The van der Waals surface area contributed by atoms with Crippen molar-refractivity contribution in [2.24, 2.45) is 11.3 Å². The number of benzene rings is 1. The van der Waals surface area contributed by atoms with Gasteiger partial charge in [-0.2, -0.15) is 0 Å². The molecule has 0 unspecified atom stereocenters. The highest BCUT2D eigenvalue weighted by molar-refractivity contribution is 5.97. The van der Waals surface area contributed by atoms with Crippen molar-refractivity contribution in [3.63, 3.8) is 0 Å². The van der Waals surface area contributed by atoms with E-state index in [1.165, 1.54) is 0 Å². The number of carbonyl (C=O) groups is 2. The number of aldehydes is 1. The van der Waals surface area contributed by atoms with E-state index in [2.05, 4.69) is 0 Å². The van der Waals surface area contributed by atoms with Gasteiger partial charge in [0.25, 0.3) is 0 Å². The summed E-state index contributed by atoms with van der Waals surface area (Å²) in [6.07, 6.45) is 0.628. The average Bonchev–Trinajstić information content (AvgIpc) is 2.32. The van der Waals surface area contributed by atoms with Crippen molar-refractivity contribution in [3.05, 3.63) is 34.9 Å². The smallest absolute Gasteiger partial charge is 0.165 e. The van der Waals surface area contributed by atoms with Crippen LogP contribution < -0.4 is 0 Å². The Kier molecular flexibility index (Phi) is 4.56. The van der Waals surface area contributed by atoms with E-state index in [1.54, 1.807) is 27.7 Å². The molecule has 1 rings (SSSR count). The van der Waals surface area contributed by atoms with Crippen LogP contribution in [0.5, 0.6) is 0 Å². The highest BCUT2D eigenvalue weighted by atomic mass is 19.1. The zero-order chi connectivity index (χ0) is 14.8. The van der Waals surface area contributed by atoms with Crippen LogP contribution in [0.15, 0.2) is 12.1 Å². The van der Waals surface area contributed by atoms with E-state index in [1.807, 2.05) is 0 Å². The molecular weight excluding hydrogens is 250 g/mol. The lowest BCUT2D eigenvalue weighted by atomic mass is 9.86. The van der Waals surface area contributed by atoms with Gasteiger partial charge in [0.1, 0.15) is 17.9 Å². The summed E-state index contributed by atoms with van der Waals surface area (Å²) in [5.41, 5.74) is -0.972. The fourth-order valence-corrected chi connectivity index (χ4v) is 1.74. The fraction of sp³-hybridized carbons (Fsp3) is 0.467. The van der Waals surface area contributed by atoms with Crippen molar-refractivity contribution in [2.45, 2.75) is 34.1 Å². The van der Waals surface area contributed by atoms with Crippen molar-refractivity contribution in [3.8, 4) is 0 Å². The number of ketones is 1. The van der Waals surface area contributed by atoms with Crippen molar-refractivity contribution in [1.29, 1.82) is 0 Å². The molecule has 0 aliphatic carbocycles. The third-order valence-corrected chi connectivity index (χ3v) is 2.90. The molecular formula is C15H18F2O2. The molecule has 0 saturated heterocycles. The zero-order valence-corrected chi connectivity index (χ0v) is 11.6. The maximum atomic E-state index is 13.9. The topological polar surface area (TPSA) is 34.1 Å². The molecule has 0 aromatic heterocycles. The summed E-state index contributed by atoms with van der Waals surface area (Å²) < 4.78 is 27.8. The molecule has 0 N–H and O–H groups in total. The molecule has 0 aliphatic heterocycles. The van der Waals surface area contributed by atoms with Gasteiger partial charge < -0.3 is 4.79 Å². The molecule has 19 heavy (non-hydrogen) atoms. The first-order valence-electron chi connectivity index (χ1n) is 6.16. The van der Waals surface area contributed by atoms with Gasteiger partial charge in [-0.1, -0.05) is 27.7 Å². The Balaban J connectivity index is 3.18. The van der Waals surface area contributed by atoms with Crippen molar-refractivity contribution in [1.82, 2.24) is 0 Å². The highest BCUT2D eigenvalue weighted by Gasteiger charge is 2.24. The predicted molar refractivity (Wildman–Crippen MR) is 69.1 cm³/mol. The Morgan fingerprint density at radius 3 is 2.11 bits per heavy atom. The number of carbonyl (C=O) groups excluding carboxylic acids is 2. The number of hydrogen-bond donors (Lipinski definition) is 0. The Labute approximate surface area is 111 Å². The van der Waals surface area contributed by atoms with Crippen LogP contribution in [0.4, 0.5) is 8.78 Å². The van der Waals surface area contributed by atoms with Crippen LogP contribution in [0, 0.1) is 23.0 Å². The number of halogens is 2.